The van der Waals surface area contributed by atoms with E-state index in [1.165, 1.54) is 36.3 Å². The molecule has 35 heavy (non-hydrogen) atoms. The molecule has 176 valence electrons. The Morgan fingerprint density at radius 3 is 2.54 bits per heavy atom. The Morgan fingerprint density at radius 1 is 1.03 bits per heavy atom. The fraction of sp³-hybridized carbons (Fsp3) is 0.115. The predicted octanol–water partition coefficient (Wildman–Crippen LogP) is 5.73. The SMILES string of the molecule is COc1ccc(-c2noc(C3=C(C)N(c4ccccc4)C(=O)NC3c3cccc(F)c3)n2)cc1F. The molecule has 0 saturated carbocycles. The smallest absolute Gasteiger partial charge is 0.326 e. The van der Waals surface area contributed by atoms with Crippen molar-refractivity contribution in [1.29, 1.82) is 0 Å². The molecule has 0 radical (unpaired) electrons. The number of hydrogen-bond acceptors (Lipinski definition) is 5. The van der Waals surface area contributed by atoms with Gasteiger partial charge in [-0.3, -0.25) is 4.90 Å². The number of hydrogen-bond donors (Lipinski definition) is 1. The average molecular weight is 474 g/mol. The van der Waals surface area contributed by atoms with Crippen LogP contribution in [-0.4, -0.2) is 23.3 Å². The molecule has 9 heteroatoms. The van der Waals surface area contributed by atoms with Crippen LogP contribution < -0.4 is 15.0 Å². The number of amides is 2. The zero-order chi connectivity index (χ0) is 24.5. The lowest BCUT2D eigenvalue weighted by Gasteiger charge is -2.35. The highest BCUT2D eigenvalue weighted by atomic mass is 19.1. The highest BCUT2D eigenvalue weighted by molar-refractivity contribution is 6.01. The second-order valence-electron chi connectivity index (χ2n) is 7.88. The minimum Gasteiger partial charge on any atom is -0.494 e. The van der Waals surface area contributed by atoms with E-state index in [2.05, 4.69) is 15.5 Å². The molecule has 2 amide bonds. The second kappa shape index (κ2) is 9.02. The lowest BCUT2D eigenvalue weighted by molar-refractivity contribution is 0.244. The third-order valence-corrected chi connectivity index (χ3v) is 5.75. The van der Waals surface area contributed by atoms with E-state index in [0.717, 1.165) is 0 Å². The number of aromatic nitrogens is 2. The van der Waals surface area contributed by atoms with Crippen molar-refractivity contribution in [2.24, 2.45) is 0 Å². The number of anilines is 1. The molecular formula is C26H20F2N4O3. The summed E-state index contributed by atoms with van der Waals surface area (Å²) < 4.78 is 38.9. The van der Waals surface area contributed by atoms with Gasteiger partial charge in [0.2, 0.25) is 5.82 Å². The standard InChI is InChI=1S/C26H20F2N4O3/c1-15-22(25-30-24(31-35-25)17-11-12-21(34-2)20(28)14-17)23(16-7-6-8-18(27)13-16)29-26(33)32(15)19-9-4-3-5-10-19/h3-14,23H,1-2H3,(H,29,33). The number of ether oxygens (including phenoxy) is 1. The summed E-state index contributed by atoms with van der Waals surface area (Å²) in [5, 5.41) is 6.94. The molecule has 3 aromatic carbocycles. The lowest BCUT2D eigenvalue weighted by Crippen LogP contribution is -2.46. The van der Waals surface area contributed by atoms with Gasteiger partial charge in [0, 0.05) is 11.3 Å². The molecule has 4 aromatic rings. The predicted molar refractivity (Wildman–Crippen MR) is 125 cm³/mol. The highest BCUT2D eigenvalue weighted by Crippen LogP contribution is 2.39. The molecule has 0 fully saturated rings. The fourth-order valence-electron chi connectivity index (χ4n) is 4.10. The molecule has 1 aliphatic rings. The lowest BCUT2D eigenvalue weighted by atomic mass is 9.94. The molecule has 5 rings (SSSR count). The molecule has 1 aliphatic heterocycles. The van der Waals surface area contributed by atoms with E-state index in [9.17, 15) is 13.6 Å². The van der Waals surface area contributed by atoms with E-state index < -0.39 is 17.7 Å². The van der Waals surface area contributed by atoms with E-state index in [4.69, 9.17) is 9.26 Å². The van der Waals surface area contributed by atoms with Crippen LogP contribution in [0.3, 0.4) is 0 Å². The summed E-state index contributed by atoms with van der Waals surface area (Å²) in [6, 6.07) is 18.2. The Hall–Kier alpha value is -4.53. The van der Waals surface area contributed by atoms with Gasteiger partial charge in [0.15, 0.2) is 11.6 Å². The maximum atomic E-state index is 14.3. The number of nitrogens with one attached hydrogen (secondary N) is 1. The summed E-state index contributed by atoms with van der Waals surface area (Å²) in [5.41, 5.74) is 2.56. The van der Waals surface area contributed by atoms with Gasteiger partial charge < -0.3 is 14.6 Å². The number of urea groups is 1. The molecule has 1 aromatic heterocycles. The molecule has 1 unspecified atom stereocenters. The van der Waals surface area contributed by atoms with Crippen LogP contribution in [0.5, 0.6) is 5.75 Å². The largest absolute Gasteiger partial charge is 0.494 e. The number of para-hydroxylation sites is 1. The minimum atomic E-state index is -0.751. The Morgan fingerprint density at radius 2 is 1.83 bits per heavy atom. The molecule has 2 heterocycles. The summed E-state index contributed by atoms with van der Waals surface area (Å²) in [6.45, 7) is 1.75. The van der Waals surface area contributed by atoms with E-state index in [1.54, 1.807) is 37.3 Å². The number of rotatable bonds is 5. The average Bonchev–Trinajstić information content (AvgIpc) is 3.34. The summed E-state index contributed by atoms with van der Waals surface area (Å²) in [6.07, 6.45) is 0. The molecule has 0 spiro atoms. The fourth-order valence-corrected chi connectivity index (χ4v) is 4.10. The van der Waals surface area contributed by atoms with Crippen LogP contribution in [0.1, 0.15) is 24.4 Å². The summed E-state index contributed by atoms with van der Waals surface area (Å²) >= 11 is 0. The summed E-state index contributed by atoms with van der Waals surface area (Å²) in [5.74, 6) is -0.647. The molecule has 0 aliphatic carbocycles. The van der Waals surface area contributed by atoms with E-state index in [1.807, 2.05) is 18.2 Å². The summed E-state index contributed by atoms with van der Waals surface area (Å²) in [4.78, 5) is 19.1. The maximum absolute atomic E-state index is 14.3. The van der Waals surface area contributed by atoms with Gasteiger partial charge >= 0.3 is 6.03 Å². The molecule has 0 bridgehead atoms. The van der Waals surface area contributed by atoms with Crippen molar-refractivity contribution in [2.75, 3.05) is 12.0 Å². The van der Waals surface area contributed by atoms with E-state index >= 15 is 0 Å². The number of carbonyl (C=O) groups is 1. The van der Waals surface area contributed by atoms with Gasteiger partial charge in [-0.2, -0.15) is 4.98 Å². The monoisotopic (exact) mass is 474 g/mol. The first kappa shape index (κ1) is 22.3. The third kappa shape index (κ3) is 4.12. The van der Waals surface area contributed by atoms with Crippen molar-refractivity contribution >= 4 is 17.3 Å². The number of carbonyl (C=O) groups excluding carboxylic acids is 1. The van der Waals surface area contributed by atoms with Crippen molar-refractivity contribution in [2.45, 2.75) is 13.0 Å². The minimum absolute atomic E-state index is 0.0932. The normalized spacial score (nSPS) is 15.8. The Labute approximate surface area is 199 Å². The van der Waals surface area contributed by atoms with Gasteiger partial charge in [0.25, 0.3) is 5.89 Å². The summed E-state index contributed by atoms with van der Waals surface area (Å²) in [7, 11) is 1.38. The molecule has 1 atom stereocenters. The topological polar surface area (TPSA) is 80.5 Å². The van der Waals surface area contributed by atoms with Crippen molar-refractivity contribution in [3.63, 3.8) is 0 Å². The molecule has 0 saturated heterocycles. The van der Waals surface area contributed by atoms with Crippen LogP contribution in [0.15, 0.2) is 83.0 Å². The maximum Gasteiger partial charge on any atom is 0.326 e. The Kier molecular flexibility index (Phi) is 5.74. The van der Waals surface area contributed by atoms with Gasteiger partial charge in [-0.1, -0.05) is 35.5 Å². The quantitative estimate of drug-likeness (QED) is 0.400. The zero-order valence-corrected chi connectivity index (χ0v) is 18.8. The van der Waals surface area contributed by atoms with Crippen molar-refractivity contribution in [1.82, 2.24) is 15.5 Å². The van der Waals surface area contributed by atoms with Crippen LogP contribution >= 0.6 is 0 Å². The number of methoxy groups -OCH3 is 1. The Bertz CT molecular complexity index is 1440. The van der Waals surface area contributed by atoms with Crippen LogP contribution in [0.2, 0.25) is 0 Å². The molecular weight excluding hydrogens is 454 g/mol. The van der Waals surface area contributed by atoms with Gasteiger partial charge in [-0.05, 0) is 55.0 Å². The van der Waals surface area contributed by atoms with Gasteiger partial charge in [-0.25, -0.2) is 13.6 Å². The van der Waals surface area contributed by atoms with Gasteiger partial charge in [0.05, 0.1) is 24.4 Å². The third-order valence-electron chi connectivity index (χ3n) is 5.75. The number of benzene rings is 3. The van der Waals surface area contributed by atoms with E-state index in [-0.39, 0.29) is 23.5 Å². The van der Waals surface area contributed by atoms with Crippen LogP contribution in [0, 0.1) is 11.6 Å². The van der Waals surface area contributed by atoms with Gasteiger partial charge in [0.1, 0.15) is 5.82 Å². The molecule has 7 nitrogen and oxygen atoms in total. The van der Waals surface area contributed by atoms with Crippen molar-refractivity contribution in [3.05, 3.63) is 102 Å². The van der Waals surface area contributed by atoms with E-state index in [0.29, 0.717) is 28.1 Å². The first-order valence-corrected chi connectivity index (χ1v) is 10.8. The molecule has 1 N–H and O–H groups in total. The number of nitrogens with zero attached hydrogens (tertiary/aromatic N) is 3. The highest BCUT2D eigenvalue weighted by Gasteiger charge is 2.36. The first-order chi connectivity index (χ1) is 17.0. The van der Waals surface area contributed by atoms with Crippen LogP contribution in [-0.2, 0) is 0 Å². The van der Waals surface area contributed by atoms with Gasteiger partial charge in [-0.15, -0.1) is 0 Å². The second-order valence-corrected chi connectivity index (χ2v) is 7.88. The first-order valence-electron chi connectivity index (χ1n) is 10.8. The number of halogens is 2. The van der Waals surface area contributed by atoms with Crippen LogP contribution in [0.25, 0.3) is 17.0 Å². The van der Waals surface area contributed by atoms with Crippen molar-refractivity contribution < 1.29 is 22.8 Å². The number of allylic oxidation sites excluding steroid dienone is 1. The zero-order valence-electron chi connectivity index (χ0n) is 18.8. The van der Waals surface area contributed by atoms with Crippen LogP contribution in [0.4, 0.5) is 19.3 Å². The Balaban J connectivity index is 1.64. The van der Waals surface area contributed by atoms with Crippen molar-refractivity contribution in [3.8, 4) is 17.1 Å².